The summed E-state index contributed by atoms with van der Waals surface area (Å²) in [5.74, 6) is -2.86. The molecule has 0 fully saturated rings. The SMILES string of the molecule is Cc1ccc(C(=O)CC(=O)C(F)F)cc1F. The predicted molar refractivity (Wildman–Crippen MR) is 51.1 cm³/mol. The minimum absolute atomic E-state index is 0.0721. The second kappa shape index (κ2) is 4.92. The topological polar surface area (TPSA) is 34.1 Å². The molecule has 0 bridgehead atoms. The zero-order chi connectivity index (χ0) is 12.3. The van der Waals surface area contributed by atoms with Gasteiger partial charge in [0.25, 0.3) is 6.43 Å². The molecule has 0 unspecified atom stereocenters. The van der Waals surface area contributed by atoms with E-state index in [1.54, 1.807) is 0 Å². The standard InChI is InChI=1S/C11H9F3O2/c1-6-2-3-7(4-8(6)12)9(15)5-10(16)11(13)14/h2-4,11H,5H2,1H3. The Morgan fingerprint density at radius 3 is 2.44 bits per heavy atom. The average molecular weight is 230 g/mol. The van der Waals surface area contributed by atoms with Crippen molar-refractivity contribution in [2.24, 2.45) is 0 Å². The number of hydrogen-bond donors (Lipinski definition) is 0. The molecule has 0 aliphatic carbocycles. The van der Waals surface area contributed by atoms with Crippen molar-refractivity contribution in [2.45, 2.75) is 19.8 Å². The van der Waals surface area contributed by atoms with Gasteiger partial charge in [0, 0.05) is 5.56 Å². The van der Waals surface area contributed by atoms with E-state index in [9.17, 15) is 22.8 Å². The van der Waals surface area contributed by atoms with Crippen molar-refractivity contribution in [2.75, 3.05) is 0 Å². The van der Waals surface area contributed by atoms with Gasteiger partial charge < -0.3 is 0 Å². The van der Waals surface area contributed by atoms with Crippen molar-refractivity contribution >= 4 is 11.6 Å². The molecule has 0 aromatic heterocycles. The van der Waals surface area contributed by atoms with E-state index < -0.39 is 30.2 Å². The lowest BCUT2D eigenvalue weighted by Gasteiger charge is -2.02. The number of halogens is 3. The third-order valence-electron chi connectivity index (χ3n) is 2.07. The molecule has 16 heavy (non-hydrogen) atoms. The summed E-state index contributed by atoms with van der Waals surface area (Å²) in [4.78, 5) is 21.9. The van der Waals surface area contributed by atoms with E-state index in [4.69, 9.17) is 0 Å². The minimum Gasteiger partial charge on any atom is -0.294 e. The van der Waals surface area contributed by atoms with Gasteiger partial charge in [-0.2, -0.15) is 0 Å². The number of Topliss-reactive ketones (excluding diaryl/α,β-unsaturated/α-hetero) is 2. The largest absolute Gasteiger partial charge is 0.296 e. The Kier molecular flexibility index (Phi) is 3.82. The summed E-state index contributed by atoms with van der Waals surface area (Å²) in [6.07, 6.45) is -4.07. The van der Waals surface area contributed by atoms with Gasteiger partial charge >= 0.3 is 0 Å². The fourth-order valence-electron chi connectivity index (χ4n) is 1.10. The maximum absolute atomic E-state index is 13.1. The molecule has 0 aliphatic heterocycles. The molecule has 0 saturated carbocycles. The number of rotatable bonds is 4. The Morgan fingerprint density at radius 1 is 1.31 bits per heavy atom. The molecule has 1 rings (SSSR count). The van der Waals surface area contributed by atoms with Gasteiger partial charge in [-0.1, -0.05) is 12.1 Å². The molecular formula is C11H9F3O2. The second-order valence-corrected chi connectivity index (χ2v) is 3.33. The van der Waals surface area contributed by atoms with E-state index in [0.717, 1.165) is 6.07 Å². The normalized spacial score (nSPS) is 10.6. The summed E-state index contributed by atoms with van der Waals surface area (Å²) in [6, 6.07) is 3.60. The van der Waals surface area contributed by atoms with E-state index in [-0.39, 0.29) is 5.56 Å². The van der Waals surface area contributed by atoms with Crippen LogP contribution < -0.4 is 0 Å². The smallest absolute Gasteiger partial charge is 0.294 e. The minimum atomic E-state index is -3.17. The summed E-state index contributed by atoms with van der Waals surface area (Å²) in [6.45, 7) is 1.51. The van der Waals surface area contributed by atoms with E-state index in [1.807, 2.05) is 0 Å². The molecule has 0 saturated heterocycles. The first kappa shape index (κ1) is 12.4. The molecule has 0 N–H and O–H groups in total. The van der Waals surface area contributed by atoms with Crippen molar-refractivity contribution in [3.8, 4) is 0 Å². The number of hydrogen-bond acceptors (Lipinski definition) is 2. The van der Waals surface area contributed by atoms with Crippen LogP contribution in [0.25, 0.3) is 0 Å². The molecule has 5 heteroatoms. The lowest BCUT2D eigenvalue weighted by molar-refractivity contribution is -0.128. The Labute approximate surface area is 90.1 Å². The molecule has 0 aliphatic rings. The van der Waals surface area contributed by atoms with E-state index in [2.05, 4.69) is 0 Å². The van der Waals surface area contributed by atoms with Gasteiger partial charge in [-0.15, -0.1) is 0 Å². The summed E-state index contributed by atoms with van der Waals surface area (Å²) < 4.78 is 36.8. The van der Waals surface area contributed by atoms with Crippen molar-refractivity contribution in [1.82, 2.24) is 0 Å². The number of alkyl halides is 2. The van der Waals surface area contributed by atoms with Crippen LogP contribution in [-0.4, -0.2) is 18.0 Å². The number of benzene rings is 1. The Morgan fingerprint density at radius 2 is 1.94 bits per heavy atom. The first-order valence-electron chi connectivity index (χ1n) is 4.52. The first-order valence-corrected chi connectivity index (χ1v) is 4.52. The summed E-state index contributed by atoms with van der Waals surface area (Å²) in [5.41, 5.74) is 0.272. The van der Waals surface area contributed by atoms with Gasteiger partial charge in [-0.3, -0.25) is 9.59 Å². The lowest BCUT2D eigenvalue weighted by Crippen LogP contribution is -2.15. The predicted octanol–water partition coefficient (Wildman–Crippen LogP) is 2.54. The van der Waals surface area contributed by atoms with Gasteiger partial charge in [-0.05, 0) is 18.6 Å². The van der Waals surface area contributed by atoms with Gasteiger partial charge in [0.05, 0.1) is 6.42 Å². The maximum Gasteiger partial charge on any atom is 0.296 e. The van der Waals surface area contributed by atoms with Crippen LogP contribution in [0.4, 0.5) is 13.2 Å². The summed E-state index contributed by atoms with van der Waals surface area (Å²) in [7, 11) is 0. The number of carbonyl (C=O) groups excluding carboxylic acids is 2. The number of ketones is 2. The molecule has 0 atom stereocenters. The van der Waals surface area contributed by atoms with Crippen molar-refractivity contribution < 1.29 is 22.8 Å². The van der Waals surface area contributed by atoms with Gasteiger partial charge in [0.15, 0.2) is 5.78 Å². The molecule has 0 amide bonds. The third-order valence-corrected chi connectivity index (χ3v) is 2.07. The number of carbonyl (C=O) groups is 2. The van der Waals surface area contributed by atoms with Crippen LogP contribution in [0.1, 0.15) is 22.3 Å². The first-order chi connectivity index (χ1) is 7.41. The highest BCUT2D eigenvalue weighted by atomic mass is 19.3. The van der Waals surface area contributed by atoms with Gasteiger partial charge in [0.2, 0.25) is 5.78 Å². The summed E-state index contributed by atoms with van der Waals surface area (Å²) >= 11 is 0. The average Bonchev–Trinajstić information content (AvgIpc) is 2.21. The van der Waals surface area contributed by atoms with Crippen LogP contribution in [0.5, 0.6) is 0 Å². The number of aryl methyl sites for hydroxylation is 1. The molecule has 86 valence electrons. The molecular weight excluding hydrogens is 221 g/mol. The highest BCUT2D eigenvalue weighted by Crippen LogP contribution is 2.12. The molecule has 0 spiro atoms. The van der Waals surface area contributed by atoms with Crippen molar-refractivity contribution in [1.29, 1.82) is 0 Å². The fraction of sp³-hybridized carbons (Fsp3) is 0.273. The Balaban J connectivity index is 2.81. The quantitative estimate of drug-likeness (QED) is 0.588. The maximum atomic E-state index is 13.1. The highest BCUT2D eigenvalue weighted by Gasteiger charge is 2.20. The summed E-state index contributed by atoms with van der Waals surface area (Å²) in [5, 5.41) is 0. The van der Waals surface area contributed by atoms with Crippen LogP contribution in [0.15, 0.2) is 18.2 Å². The van der Waals surface area contributed by atoms with Crippen LogP contribution in [0.2, 0.25) is 0 Å². The second-order valence-electron chi connectivity index (χ2n) is 3.33. The molecule has 1 aromatic rings. The lowest BCUT2D eigenvalue weighted by atomic mass is 10.0. The zero-order valence-electron chi connectivity index (χ0n) is 8.47. The van der Waals surface area contributed by atoms with Gasteiger partial charge in [0.1, 0.15) is 5.82 Å². The van der Waals surface area contributed by atoms with E-state index >= 15 is 0 Å². The van der Waals surface area contributed by atoms with E-state index in [1.165, 1.54) is 19.1 Å². The van der Waals surface area contributed by atoms with E-state index in [0.29, 0.717) is 5.56 Å². The Bertz CT molecular complexity index is 427. The van der Waals surface area contributed by atoms with Gasteiger partial charge in [-0.25, -0.2) is 13.2 Å². The molecule has 1 aromatic carbocycles. The molecule has 0 radical (unpaired) electrons. The van der Waals surface area contributed by atoms with Crippen molar-refractivity contribution in [3.63, 3.8) is 0 Å². The third kappa shape index (κ3) is 2.92. The van der Waals surface area contributed by atoms with Crippen LogP contribution in [0.3, 0.4) is 0 Å². The zero-order valence-corrected chi connectivity index (χ0v) is 8.47. The van der Waals surface area contributed by atoms with Crippen LogP contribution >= 0.6 is 0 Å². The van der Waals surface area contributed by atoms with Crippen molar-refractivity contribution in [3.05, 3.63) is 35.1 Å². The Hall–Kier alpha value is -1.65. The van der Waals surface area contributed by atoms with Crippen LogP contribution in [0, 0.1) is 12.7 Å². The monoisotopic (exact) mass is 230 g/mol. The van der Waals surface area contributed by atoms with Crippen LogP contribution in [-0.2, 0) is 4.79 Å². The fourth-order valence-corrected chi connectivity index (χ4v) is 1.10. The molecule has 2 nitrogen and oxygen atoms in total. The molecule has 0 heterocycles. The highest BCUT2D eigenvalue weighted by molar-refractivity contribution is 6.08.